The van der Waals surface area contributed by atoms with Gasteiger partial charge in [0.1, 0.15) is 0 Å². The maximum atomic E-state index is 12.7. The molecule has 0 atom stereocenters. The third-order valence-corrected chi connectivity index (χ3v) is 1.50. The number of hydrogen-bond acceptors (Lipinski definition) is 1. The summed E-state index contributed by atoms with van der Waals surface area (Å²) in [4.78, 5) is 10.5. The molecule has 0 unspecified atom stereocenters. The number of halogens is 5. The molecule has 1 nitrogen and oxygen atoms in total. The molecule has 0 saturated heterocycles. The summed E-state index contributed by atoms with van der Waals surface area (Å²) in [5, 5.41) is 0. The van der Waals surface area contributed by atoms with Crippen molar-refractivity contribution in [3.05, 3.63) is 35.1 Å². The van der Waals surface area contributed by atoms with Gasteiger partial charge in [0.05, 0.1) is 5.56 Å². The van der Waals surface area contributed by atoms with Crippen molar-refractivity contribution in [2.24, 2.45) is 0 Å². The van der Waals surface area contributed by atoms with Crippen molar-refractivity contribution in [3.8, 4) is 0 Å². The number of benzene rings is 1. The Bertz CT molecular complexity index is 374. The summed E-state index contributed by atoms with van der Waals surface area (Å²) >= 11 is 0. The molecule has 1 aromatic rings. The van der Waals surface area contributed by atoms with Gasteiger partial charge >= 0.3 is 6.43 Å². The van der Waals surface area contributed by atoms with Crippen LogP contribution >= 0.6 is 0 Å². The molecule has 0 heterocycles. The van der Waals surface area contributed by atoms with Crippen molar-refractivity contribution in [3.63, 3.8) is 0 Å². The van der Waals surface area contributed by atoms with E-state index in [0.717, 1.165) is 0 Å². The molecule has 0 aliphatic carbocycles. The highest BCUT2D eigenvalue weighted by molar-refractivity contribution is 5.98. The molecule has 0 bridgehead atoms. The quantitative estimate of drug-likeness (QED) is 0.416. The van der Waals surface area contributed by atoms with Crippen LogP contribution in [0.1, 0.15) is 10.4 Å². The monoisotopic (exact) mass is 210 g/mol. The molecular formula is C8H3F5O. The van der Waals surface area contributed by atoms with Gasteiger partial charge in [-0.05, 0) is 12.1 Å². The minimum absolute atomic E-state index is 0.411. The number of ketones is 1. The van der Waals surface area contributed by atoms with Crippen LogP contribution in [0.15, 0.2) is 12.1 Å². The van der Waals surface area contributed by atoms with Crippen molar-refractivity contribution in [1.82, 2.24) is 0 Å². The number of alkyl halides is 2. The van der Waals surface area contributed by atoms with E-state index in [1.54, 1.807) is 0 Å². The van der Waals surface area contributed by atoms with Crippen molar-refractivity contribution < 1.29 is 26.7 Å². The Morgan fingerprint density at radius 1 is 1.07 bits per heavy atom. The number of carbonyl (C=O) groups is 1. The molecule has 0 amide bonds. The molecule has 1 rings (SSSR count). The zero-order chi connectivity index (χ0) is 10.9. The molecule has 14 heavy (non-hydrogen) atoms. The Balaban J connectivity index is 3.24. The zero-order valence-electron chi connectivity index (χ0n) is 6.53. The lowest BCUT2D eigenvalue weighted by Gasteiger charge is -2.02. The lowest BCUT2D eigenvalue weighted by molar-refractivity contribution is 0.0673. The summed E-state index contributed by atoms with van der Waals surface area (Å²) in [7, 11) is 0. The van der Waals surface area contributed by atoms with E-state index in [4.69, 9.17) is 0 Å². The summed E-state index contributed by atoms with van der Waals surface area (Å²) < 4.78 is 61.1. The Kier molecular flexibility index (Phi) is 2.83. The van der Waals surface area contributed by atoms with E-state index < -0.39 is 35.2 Å². The van der Waals surface area contributed by atoms with Gasteiger partial charge in [0.2, 0.25) is 5.78 Å². The van der Waals surface area contributed by atoms with Crippen LogP contribution in [-0.2, 0) is 0 Å². The molecule has 76 valence electrons. The molecule has 0 aliphatic rings. The van der Waals surface area contributed by atoms with E-state index in [9.17, 15) is 26.7 Å². The lowest BCUT2D eigenvalue weighted by atomic mass is 10.1. The third kappa shape index (κ3) is 1.73. The number of carbonyl (C=O) groups excluding carboxylic acids is 1. The molecule has 0 aliphatic heterocycles. The second-order valence-electron chi connectivity index (χ2n) is 2.39. The van der Waals surface area contributed by atoms with Crippen molar-refractivity contribution >= 4 is 5.78 Å². The molecule has 0 fully saturated rings. The fourth-order valence-corrected chi connectivity index (χ4v) is 0.834. The summed E-state index contributed by atoms with van der Waals surface area (Å²) in [6.45, 7) is 0. The second kappa shape index (κ2) is 3.73. The van der Waals surface area contributed by atoms with Crippen LogP contribution in [0.3, 0.4) is 0 Å². The first-order chi connectivity index (χ1) is 6.45. The van der Waals surface area contributed by atoms with Gasteiger partial charge in [0.15, 0.2) is 17.5 Å². The van der Waals surface area contributed by atoms with E-state index in [0.29, 0.717) is 12.1 Å². The smallest absolute Gasteiger partial charge is 0.288 e. The summed E-state index contributed by atoms with van der Waals surface area (Å²) in [6, 6.07) is 0.885. The summed E-state index contributed by atoms with van der Waals surface area (Å²) in [5.41, 5.74) is -1.15. The van der Waals surface area contributed by atoms with Gasteiger partial charge in [-0.25, -0.2) is 22.0 Å². The SMILES string of the molecule is O=C(c1ccc(F)c(F)c1F)C(F)F. The first kappa shape index (κ1) is 10.6. The largest absolute Gasteiger partial charge is 0.300 e. The van der Waals surface area contributed by atoms with E-state index in [1.807, 2.05) is 0 Å². The minimum atomic E-state index is -3.45. The van der Waals surface area contributed by atoms with Crippen LogP contribution in [0, 0.1) is 17.5 Å². The van der Waals surface area contributed by atoms with Crippen LogP contribution < -0.4 is 0 Å². The van der Waals surface area contributed by atoms with Crippen molar-refractivity contribution in [2.75, 3.05) is 0 Å². The van der Waals surface area contributed by atoms with Crippen LogP contribution in [0.5, 0.6) is 0 Å². The standard InChI is InChI=1S/C8H3F5O/c9-4-2-1-3(5(10)6(4)11)7(14)8(12)13/h1-2,8H. The second-order valence-corrected chi connectivity index (χ2v) is 2.39. The summed E-state index contributed by atoms with van der Waals surface area (Å²) in [5.74, 6) is -7.23. The van der Waals surface area contributed by atoms with Crippen LogP contribution in [0.4, 0.5) is 22.0 Å². The average Bonchev–Trinajstić information content (AvgIpc) is 2.13. The van der Waals surface area contributed by atoms with Gasteiger partial charge in [-0.2, -0.15) is 0 Å². The number of rotatable bonds is 2. The zero-order valence-corrected chi connectivity index (χ0v) is 6.53. The van der Waals surface area contributed by atoms with Crippen LogP contribution in [-0.4, -0.2) is 12.2 Å². The molecule has 0 spiro atoms. The minimum Gasteiger partial charge on any atom is -0.288 e. The maximum Gasteiger partial charge on any atom is 0.300 e. The van der Waals surface area contributed by atoms with Crippen molar-refractivity contribution in [2.45, 2.75) is 6.43 Å². The van der Waals surface area contributed by atoms with E-state index in [1.165, 1.54) is 0 Å². The number of Topliss-reactive ketones (excluding diaryl/α,β-unsaturated/α-hetero) is 1. The predicted molar refractivity (Wildman–Crippen MR) is 36.7 cm³/mol. The highest BCUT2D eigenvalue weighted by Gasteiger charge is 2.24. The van der Waals surface area contributed by atoms with Crippen LogP contribution in [0.25, 0.3) is 0 Å². The highest BCUT2D eigenvalue weighted by atomic mass is 19.3. The molecule has 0 N–H and O–H groups in total. The topological polar surface area (TPSA) is 17.1 Å². The predicted octanol–water partition coefficient (Wildman–Crippen LogP) is 2.55. The van der Waals surface area contributed by atoms with E-state index in [-0.39, 0.29) is 0 Å². The fourth-order valence-electron chi connectivity index (χ4n) is 0.834. The van der Waals surface area contributed by atoms with Gasteiger partial charge in [0.25, 0.3) is 0 Å². The normalized spacial score (nSPS) is 10.7. The fraction of sp³-hybridized carbons (Fsp3) is 0.125. The van der Waals surface area contributed by atoms with Gasteiger partial charge in [-0.1, -0.05) is 0 Å². The molecule has 0 aromatic heterocycles. The number of hydrogen-bond donors (Lipinski definition) is 0. The highest BCUT2D eigenvalue weighted by Crippen LogP contribution is 2.17. The lowest BCUT2D eigenvalue weighted by Crippen LogP contribution is -2.13. The average molecular weight is 210 g/mol. The van der Waals surface area contributed by atoms with Crippen molar-refractivity contribution in [1.29, 1.82) is 0 Å². The molecule has 0 saturated carbocycles. The molecule has 0 radical (unpaired) electrons. The maximum absolute atomic E-state index is 12.7. The first-order valence-electron chi connectivity index (χ1n) is 3.41. The molecular weight excluding hydrogens is 207 g/mol. The van der Waals surface area contributed by atoms with Gasteiger partial charge in [-0.3, -0.25) is 4.79 Å². The Morgan fingerprint density at radius 2 is 1.64 bits per heavy atom. The third-order valence-electron chi connectivity index (χ3n) is 1.50. The Morgan fingerprint density at radius 3 is 2.14 bits per heavy atom. The summed E-state index contributed by atoms with van der Waals surface area (Å²) in [6.07, 6.45) is -3.45. The van der Waals surface area contributed by atoms with Gasteiger partial charge in [-0.15, -0.1) is 0 Å². The van der Waals surface area contributed by atoms with Crippen LogP contribution in [0.2, 0.25) is 0 Å². The van der Waals surface area contributed by atoms with Gasteiger partial charge < -0.3 is 0 Å². The Labute approximate surface area is 75.2 Å². The van der Waals surface area contributed by atoms with E-state index >= 15 is 0 Å². The molecule has 1 aromatic carbocycles. The Hall–Kier alpha value is -1.46. The van der Waals surface area contributed by atoms with E-state index in [2.05, 4.69) is 0 Å². The first-order valence-corrected chi connectivity index (χ1v) is 3.41. The molecule has 6 heteroatoms. The van der Waals surface area contributed by atoms with Gasteiger partial charge in [0, 0.05) is 0 Å².